The molecule has 12 nitrogen and oxygen atoms in total. The first-order chi connectivity index (χ1) is 22.8. The van der Waals surface area contributed by atoms with Crippen molar-refractivity contribution in [3.05, 3.63) is 82.3 Å². The number of amides is 2. The van der Waals surface area contributed by atoms with Gasteiger partial charge in [-0.3, -0.25) is 14.4 Å². The van der Waals surface area contributed by atoms with Crippen LogP contribution >= 0.6 is 0 Å². The predicted octanol–water partition coefficient (Wildman–Crippen LogP) is 3.94. The number of carbonyl (C=O) groups excluding carboxylic acids is 4. The molecule has 4 N–H and O–H groups in total. The molecule has 48 heavy (non-hydrogen) atoms. The van der Waals surface area contributed by atoms with Crippen LogP contribution in [0.4, 0.5) is 4.79 Å². The van der Waals surface area contributed by atoms with Gasteiger partial charge in [0, 0.05) is 31.3 Å². The Morgan fingerprint density at radius 2 is 1.62 bits per heavy atom. The third kappa shape index (κ3) is 8.88. The van der Waals surface area contributed by atoms with Crippen LogP contribution in [-0.4, -0.2) is 81.5 Å². The van der Waals surface area contributed by atoms with Gasteiger partial charge in [-0.25, -0.2) is 4.79 Å². The van der Waals surface area contributed by atoms with Crippen molar-refractivity contribution in [3.63, 3.8) is 0 Å². The summed E-state index contributed by atoms with van der Waals surface area (Å²) in [6.45, 7) is 6.93. The van der Waals surface area contributed by atoms with Crippen LogP contribution in [0, 0.1) is 11.8 Å². The number of methoxy groups -OCH3 is 4. The maximum absolute atomic E-state index is 14.2. The first kappa shape index (κ1) is 37.9. The van der Waals surface area contributed by atoms with Crippen LogP contribution in [0.25, 0.3) is 5.57 Å². The number of benzene rings is 1. The van der Waals surface area contributed by atoms with Gasteiger partial charge in [-0.05, 0) is 55.9 Å². The van der Waals surface area contributed by atoms with Gasteiger partial charge in [0.15, 0.2) is 11.9 Å². The first-order valence-electron chi connectivity index (χ1n) is 15.6. The Labute approximate surface area is 281 Å². The molecule has 1 aliphatic heterocycles. The predicted molar refractivity (Wildman–Crippen MR) is 178 cm³/mol. The summed E-state index contributed by atoms with van der Waals surface area (Å²) in [5.41, 5.74) is 6.44. The number of primary amides is 1. The summed E-state index contributed by atoms with van der Waals surface area (Å²) in [4.78, 5) is 53.6. The average Bonchev–Trinajstić information content (AvgIpc) is 3.06. The van der Waals surface area contributed by atoms with Crippen molar-refractivity contribution in [3.8, 4) is 5.75 Å². The van der Waals surface area contributed by atoms with Crippen molar-refractivity contribution in [2.45, 2.75) is 65.0 Å². The number of allylic oxidation sites excluding steroid dienone is 4. The minimum Gasteiger partial charge on any atom is -0.497 e. The van der Waals surface area contributed by atoms with E-state index >= 15 is 0 Å². The van der Waals surface area contributed by atoms with Crippen molar-refractivity contribution in [2.24, 2.45) is 17.6 Å². The van der Waals surface area contributed by atoms with Crippen molar-refractivity contribution in [1.29, 1.82) is 0 Å². The van der Waals surface area contributed by atoms with Crippen LogP contribution in [0.5, 0.6) is 5.75 Å². The van der Waals surface area contributed by atoms with E-state index in [-0.39, 0.29) is 40.5 Å². The molecule has 2 bridgehead atoms. The minimum atomic E-state index is -1.01. The number of carbonyl (C=O) groups is 4. The maximum Gasteiger partial charge on any atom is 0.405 e. The van der Waals surface area contributed by atoms with Crippen molar-refractivity contribution >= 4 is 29.1 Å². The number of Topliss-reactive ketones (excluding diaryl/α,β-unsaturated/α-hetero) is 2. The van der Waals surface area contributed by atoms with Gasteiger partial charge in [0.2, 0.25) is 11.6 Å². The number of nitrogens with two attached hydrogens (primary N) is 1. The smallest absolute Gasteiger partial charge is 0.405 e. The highest BCUT2D eigenvalue weighted by atomic mass is 16.6. The monoisotopic (exact) mass is 666 g/mol. The molecule has 0 fully saturated rings. The molecule has 0 saturated carbocycles. The van der Waals surface area contributed by atoms with Crippen molar-refractivity contribution < 1.29 is 48.0 Å². The van der Waals surface area contributed by atoms with Gasteiger partial charge in [0.25, 0.3) is 5.91 Å². The molecule has 1 heterocycles. The zero-order valence-electron chi connectivity index (χ0n) is 28.7. The number of ketones is 2. The molecule has 0 spiro atoms. The van der Waals surface area contributed by atoms with E-state index in [0.29, 0.717) is 23.3 Å². The number of fused-ring (bicyclic) bond motifs is 2. The van der Waals surface area contributed by atoms with E-state index in [1.165, 1.54) is 34.5 Å². The van der Waals surface area contributed by atoms with Crippen LogP contribution in [-0.2, 0) is 33.3 Å². The lowest BCUT2D eigenvalue weighted by Gasteiger charge is -2.30. The molecule has 0 aromatic heterocycles. The van der Waals surface area contributed by atoms with Crippen LogP contribution in [0.3, 0.4) is 0 Å². The van der Waals surface area contributed by atoms with Crippen LogP contribution in [0.2, 0.25) is 0 Å². The summed E-state index contributed by atoms with van der Waals surface area (Å²) in [6, 6.07) is 6.53. The van der Waals surface area contributed by atoms with E-state index in [0.717, 1.165) is 0 Å². The zero-order chi connectivity index (χ0) is 35.7. The summed E-state index contributed by atoms with van der Waals surface area (Å²) >= 11 is 0. The minimum absolute atomic E-state index is 0.0232. The van der Waals surface area contributed by atoms with Gasteiger partial charge >= 0.3 is 6.09 Å². The number of nitrogens with one attached hydrogen (secondary N) is 1. The normalized spacial score (nSPS) is 26.5. The molecule has 0 radical (unpaired) electrons. The summed E-state index contributed by atoms with van der Waals surface area (Å²) in [5, 5.41) is 14.0. The molecule has 1 aromatic carbocycles. The molecule has 260 valence electrons. The largest absolute Gasteiger partial charge is 0.497 e. The van der Waals surface area contributed by atoms with Crippen LogP contribution in [0.15, 0.2) is 76.7 Å². The average molecular weight is 667 g/mol. The number of aliphatic hydroxyl groups excluding tert-OH is 1. The highest BCUT2D eigenvalue weighted by Crippen LogP contribution is 2.35. The van der Waals surface area contributed by atoms with Gasteiger partial charge in [-0.15, -0.1) is 0 Å². The number of aliphatic hydroxyl groups is 1. The van der Waals surface area contributed by atoms with E-state index in [9.17, 15) is 24.3 Å². The van der Waals surface area contributed by atoms with Gasteiger partial charge in [0.1, 0.15) is 17.6 Å². The molecule has 1 aliphatic carbocycles. The Morgan fingerprint density at radius 1 is 0.958 bits per heavy atom. The lowest BCUT2D eigenvalue weighted by molar-refractivity contribution is -0.120. The second kappa shape index (κ2) is 17.0. The Hall–Kier alpha value is -4.52. The Bertz CT molecular complexity index is 1540. The standard InChI is InChI=1S/C36H46N2O10/c1-19-16-25-31(40)29(28(32(41)34(25)47-8)23-12-14-24(44-5)15-13-23)38-35(42)20(2)10-9-11-26(45-6)33(48-36(37)43)22(4)18-21(3)30(39)27(17-19)46-7/h9-15,18-19,21,26-27,30,33,39H,16-17H2,1-8H3,(H2,37,43)(H,38,42). The number of rotatable bonds is 6. The third-order valence-corrected chi connectivity index (χ3v) is 8.48. The SMILES string of the molecule is COC1=C2CC(C)CC(OC)C(O)C(C)C=C(C)C(OC(N)=O)C(OC)C=CC=C(C)C(=O)NC(=C(c3ccc(OC)cc3)C1=O)C2=O. The molecule has 2 amide bonds. The molecule has 6 unspecified atom stereocenters. The van der Waals surface area contributed by atoms with Crippen molar-refractivity contribution in [1.82, 2.24) is 5.32 Å². The highest BCUT2D eigenvalue weighted by Gasteiger charge is 2.38. The number of ether oxygens (including phenoxy) is 5. The molecular formula is C36H46N2O10. The molecular weight excluding hydrogens is 620 g/mol. The molecule has 0 saturated heterocycles. The maximum atomic E-state index is 14.2. The molecule has 12 heteroatoms. The Morgan fingerprint density at radius 3 is 2.19 bits per heavy atom. The zero-order valence-corrected chi connectivity index (χ0v) is 28.7. The van der Waals surface area contributed by atoms with Gasteiger partial charge in [0.05, 0.1) is 32.0 Å². The van der Waals surface area contributed by atoms with E-state index in [4.69, 9.17) is 29.4 Å². The summed E-state index contributed by atoms with van der Waals surface area (Å²) < 4.78 is 27.5. The second-order valence-electron chi connectivity index (χ2n) is 12.0. The fourth-order valence-electron chi connectivity index (χ4n) is 5.88. The van der Waals surface area contributed by atoms with E-state index < -0.39 is 53.9 Å². The summed E-state index contributed by atoms with van der Waals surface area (Å²) in [7, 11) is 5.73. The lowest BCUT2D eigenvalue weighted by atomic mass is 9.82. The van der Waals surface area contributed by atoms with E-state index in [1.54, 1.807) is 63.3 Å². The van der Waals surface area contributed by atoms with E-state index in [1.807, 2.05) is 6.92 Å². The van der Waals surface area contributed by atoms with Gasteiger partial charge in [-0.1, -0.05) is 50.3 Å². The third-order valence-electron chi connectivity index (χ3n) is 8.48. The molecule has 3 rings (SSSR count). The molecule has 1 aromatic rings. The quantitative estimate of drug-likeness (QED) is 0.298. The first-order valence-corrected chi connectivity index (χ1v) is 15.6. The second-order valence-corrected chi connectivity index (χ2v) is 12.0. The lowest BCUT2D eigenvalue weighted by Crippen LogP contribution is -2.37. The summed E-state index contributed by atoms with van der Waals surface area (Å²) in [5.74, 6) is -2.08. The van der Waals surface area contributed by atoms with Crippen LogP contribution < -0.4 is 15.8 Å². The van der Waals surface area contributed by atoms with Crippen molar-refractivity contribution in [2.75, 3.05) is 28.4 Å². The Balaban J connectivity index is 2.22. The topological polar surface area (TPSA) is 173 Å². The highest BCUT2D eigenvalue weighted by molar-refractivity contribution is 6.39. The fourth-order valence-corrected chi connectivity index (χ4v) is 5.88. The molecule has 6 atom stereocenters. The fraction of sp³-hybridized carbons (Fsp3) is 0.444. The van der Waals surface area contributed by atoms with Gasteiger partial charge < -0.3 is 39.8 Å². The number of hydrogen-bond donors (Lipinski definition) is 3. The van der Waals surface area contributed by atoms with E-state index in [2.05, 4.69) is 5.32 Å². The molecule has 2 aliphatic rings. The van der Waals surface area contributed by atoms with Gasteiger partial charge in [-0.2, -0.15) is 0 Å². The summed E-state index contributed by atoms with van der Waals surface area (Å²) in [6.07, 6.45) is 2.34. The Kier molecular flexibility index (Phi) is 13.5. The number of hydrogen-bond acceptors (Lipinski definition) is 10. The van der Waals surface area contributed by atoms with Crippen LogP contribution in [0.1, 0.15) is 46.1 Å².